The van der Waals surface area contributed by atoms with Crippen molar-refractivity contribution in [3.05, 3.63) is 48.0 Å². The van der Waals surface area contributed by atoms with Gasteiger partial charge in [-0.3, -0.25) is 9.59 Å². The van der Waals surface area contributed by atoms with E-state index in [4.69, 9.17) is 9.47 Å². The number of ether oxygens (including phenoxy) is 2. The highest BCUT2D eigenvalue weighted by molar-refractivity contribution is 7.89. The van der Waals surface area contributed by atoms with Crippen molar-refractivity contribution in [2.75, 3.05) is 32.6 Å². The number of sulfonamides is 1. The minimum Gasteiger partial charge on any atom is -0.497 e. The summed E-state index contributed by atoms with van der Waals surface area (Å²) < 4.78 is 37.2. The normalized spacial score (nSPS) is 11.0. The molecule has 3 N–H and O–H groups in total. The van der Waals surface area contributed by atoms with Crippen LogP contribution in [0.1, 0.15) is 36.5 Å². The Balaban J connectivity index is 1.85. The highest BCUT2D eigenvalue weighted by Gasteiger charge is 2.14. The fourth-order valence-corrected chi connectivity index (χ4v) is 3.81. The van der Waals surface area contributed by atoms with Crippen LogP contribution in [-0.2, 0) is 14.8 Å². The van der Waals surface area contributed by atoms with Gasteiger partial charge in [0, 0.05) is 36.8 Å². The molecule has 0 radical (unpaired) electrons. The second-order valence-electron chi connectivity index (χ2n) is 6.93. The molecule has 174 valence electrons. The first-order valence-electron chi connectivity index (χ1n) is 10.2. The van der Waals surface area contributed by atoms with Crippen LogP contribution in [0.2, 0.25) is 0 Å². The van der Waals surface area contributed by atoms with E-state index < -0.39 is 10.0 Å². The molecular weight excluding hydrogens is 434 g/mol. The maximum atomic E-state index is 12.3. The fraction of sp³-hybridized carbons (Fsp3) is 0.364. The van der Waals surface area contributed by atoms with E-state index in [1.165, 1.54) is 38.5 Å². The maximum Gasteiger partial charge on any atom is 0.251 e. The first-order chi connectivity index (χ1) is 15.3. The Bertz CT molecular complexity index is 1000. The molecule has 0 heterocycles. The van der Waals surface area contributed by atoms with Gasteiger partial charge in [0.05, 0.1) is 19.1 Å². The lowest BCUT2D eigenvalue weighted by Gasteiger charge is -2.10. The van der Waals surface area contributed by atoms with Gasteiger partial charge in [0.1, 0.15) is 11.5 Å². The lowest BCUT2D eigenvalue weighted by Crippen LogP contribution is -2.27. The van der Waals surface area contributed by atoms with E-state index in [0.29, 0.717) is 29.3 Å². The molecule has 2 aromatic carbocycles. The molecule has 0 bridgehead atoms. The average Bonchev–Trinajstić information content (AvgIpc) is 2.79. The predicted octanol–water partition coefficient (Wildman–Crippen LogP) is 2.54. The van der Waals surface area contributed by atoms with Crippen molar-refractivity contribution in [2.45, 2.75) is 31.1 Å². The fourth-order valence-electron chi connectivity index (χ4n) is 2.74. The molecule has 2 aromatic rings. The minimum atomic E-state index is -3.57. The molecule has 0 spiro atoms. The number of methoxy groups -OCH3 is 2. The Morgan fingerprint density at radius 3 is 2.12 bits per heavy atom. The van der Waals surface area contributed by atoms with E-state index >= 15 is 0 Å². The zero-order chi connectivity index (χ0) is 23.6. The average molecular weight is 464 g/mol. The smallest absolute Gasteiger partial charge is 0.251 e. The maximum absolute atomic E-state index is 12.3. The van der Waals surface area contributed by atoms with Crippen LogP contribution in [-0.4, -0.2) is 47.5 Å². The number of carbonyl (C=O) groups is 2. The summed E-state index contributed by atoms with van der Waals surface area (Å²) in [7, 11) is -0.582. The van der Waals surface area contributed by atoms with Gasteiger partial charge in [-0.2, -0.15) is 0 Å². The third-order valence-corrected chi connectivity index (χ3v) is 6.00. The molecule has 0 aliphatic rings. The van der Waals surface area contributed by atoms with Crippen LogP contribution in [0.4, 0.5) is 5.69 Å². The second-order valence-corrected chi connectivity index (χ2v) is 8.70. The van der Waals surface area contributed by atoms with Crippen molar-refractivity contribution >= 4 is 27.5 Å². The predicted molar refractivity (Wildman–Crippen MR) is 122 cm³/mol. The summed E-state index contributed by atoms with van der Waals surface area (Å²) in [4.78, 5) is 24.6. The molecule has 10 heteroatoms. The summed E-state index contributed by atoms with van der Waals surface area (Å²) >= 11 is 0. The number of unbranched alkanes of at least 4 members (excludes halogenated alkanes) is 1. The molecule has 9 nitrogen and oxygen atoms in total. The van der Waals surface area contributed by atoms with E-state index in [1.807, 2.05) is 6.92 Å². The number of nitrogens with one attached hydrogen (secondary N) is 3. The van der Waals surface area contributed by atoms with Gasteiger partial charge in [0.25, 0.3) is 5.91 Å². The van der Waals surface area contributed by atoms with E-state index in [1.54, 1.807) is 18.2 Å². The summed E-state index contributed by atoms with van der Waals surface area (Å²) in [5, 5.41) is 5.35. The van der Waals surface area contributed by atoms with Gasteiger partial charge in [-0.1, -0.05) is 13.3 Å². The van der Waals surface area contributed by atoms with E-state index in [0.717, 1.165) is 12.8 Å². The third-order valence-electron chi connectivity index (χ3n) is 4.52. The molecular formula is C22H29N3O6S. The molecule has 2 rings (SSSR count). The van der Waals surface area contributed by atoms with Gasteiger partial charge in [-0.15, -0.1) is 0 Å². The number of hydrogen-bond acceptors (Lipinski definition) is 6. The van der Waals surface area contributed by atoms with E-state index in [-0.39, 0.29) is 29.7 Å². The monoisotopic (exact) mass is 463 g/mol. The van der Waals surface area contributed by atoms with Crippen LogP contribution in [0.5, 0.6) is 11.5 Å². The van der Waals surface area contributed by atoms with Gasteiger partial charge in [0.15, 0.2) is 0 Å². The van der Waals surface area contributed by atoms with Crippen molar-refractivity contribution in [3.8, 4) is 11.5 Å². The van der Waals surface area contributed by atoms with Crippen LogP contribution in [0.3, 0.4) is 0 Å². The topological polar surface area (TPSA) is 123 Å². The molecule has 0 fully saturated rings. The summed E-state index contributed by atoms with van der Waals surface area (Å²) in [6.45, 7) is 2.48. The summed E-state index contributed by atoms with van der Waals surface area (Å²) in [6.07, 6.45) is 1.70. The second kappa shape index (κ2) is 12.1. The van der Waals surface area contributed by atoms with Crippen molar-refractivity contribution in [3.63, 3.8) is 0 Å². The molecule has 0 aliphatic heterocycles. The number of hydrogen-bond donors (Lipinski definition) is 3. The standard InChI is InChI=1S/C22H29N3O6S/c1-4-5-11-24-32(28,29)20-8-6-17(7-9-20)25-21(26)10-12-23-22(27)16-13-18(30-2)15-19(14-16)31-3/h6-9,13-15,24H,4-5,10-12H2,1-3H3,(H,23,27)(H,25,26). The lowest BCUT2D eigenvalue weighted by molar-refractivity contribution is -0.116. The SMILES string of the molecule is CCCCNS(=O)(=O)c1ccc(NC(=O)CCNC(=O)c2cc(OC)cc(OC)c2)cc1. The van der Waals surface area contributed by atoms with Crippen LogP contribution >= 0.6 is 0 Å². The van der Waals surface area contributed by atoms with Crippen LogP contribution in [0.25, 0.3) is 0 Å². The zero-order valence-electron chi connectivity index (χ0n) is 18.4. The van der Waals surface area contributed by atoms with Gasteiger partial charge in [-0.25, -0.2) is 13.1 Å². The highest BCUT2D eigenvalue weighted by atomic mass is 32.2. The molecule has 2 amide bonds. The Hall–Kier alpha value is -3.11. The molecule has 32 heavy (non-hydrogen) atoms. The number of anilines is 1. The Labute approximate surface area is 188 Å². The van der Waals surface area contributed by atoms with Crippen molar-refractivity contribution in [2.24, 2.45) is 0 Å². The first-order valence-corrected chi connectivity index (χ1v) is 11.7. The number of amides is 2. The van der Waals surface area contributed by atoms with Crippen LogP contribution < -0.4 is 24.8 Å². The van der Waals surface area contributed by atoms with Gasteiger partial charge in [0.2, 0.25) is 15.9 Å². The summed E-state index contributed by atoms with van der Waals surface area (Å²) in [6, 6.07) is 10.7. The largest absolute Gasteiger partial charge is 0.497 e. The lowest BCUT2D eigenvalue weighted by atomic mass is 10.2. The zero-order valence-corrected chi connectivity index (χ0v) is 19.3. The van der Waals surface area contributed by atoms with E-state index in [9.17, 15) is 18.0 Å². The molecule has 0 aromatic heterocycles. The van der Waals surface area contributed by atoms with Gasteiger partial charge >= 0.3 is 0 Å². The molecule has 0 aliphatic carbocycles. The Kier molecular flexibility index (Phi) is 9.48. The van der Waals surface area contributed by atoms with Gasteiger partial charge in [-0.05, 0) is 42.8 Å². The number of rotatable bonds is 12. The Morgan fingerprint density at radius 1 is 0.938 bits per heavy atom. The summed E-state index contributed by atoms with van der Waals surface area (Å²) in [5.41, 5.74) is 0.817. The minimum absolute atomic E-state index is 0.0471. The van der Waals surface area contributed by atoms with Crippen LogP contribution in [0.15, 0.2) is 47.4 Å². The van der Waals surface area contributed by atoms with Crippen molar-refractivity contribution in [1.29, 1.82) is 0 Å². The highest BCUT2D eigenvalue weighted by Crippen LogP contribution is 2.22. The quantitative estimate of drug-likeness (QED) is 0.416. The van der Waals surface area contributed by atoms with E-state index in [2.05, 4.69) is 15.4 Å². The van der Waals surface area contributed by atoms with Crippen molar-refractivity contribution < 1.29 is 27.5 Å². The van der Waals surface area contributed by atoms with Crippen LogP contribution in [0, 0.1) is 0 Å². The molecule has 0 saturated carbocycles. The molecule has 0 saturated heterocycles. The third kappa shape index (κ3) is 7.54. The number of benzene rings is 2. The summed E-state index contributed by atoms with van der Waals surface area (Å²) in [5.74, 6) is 0.293. The Morgan fingerprint density at radius 2 is 1.56 bits per heavy atom. The van der Waals surface area contributed by atoms with Crippen molar-refractivity contribution in [1.82, 2.24) is 10.0 Å². The first kappa shape index (κ1) is 25.2. The molecule has 0 unspecified atom stereocenters. The van der Waals surface area contributed by atoms with Gasteiger partial charge < -0.3 is 20.1 Å². The molecule has 0 atom stereocenters. The number of carbonyl (C=O) groups excluding carboxylic acids is 2.